The third-order valence-electron chi connectivity index (χ3n) is 2.26. The van der Waals surface area contributed by atoms with Gasteiger partial charge in [-0.05, 0) is 38.1 Å². The van der Waals surface area contributed by atoms with Gasteiger partial charge in [-0.15, -0.1) is 0 Å². The van der Waals surface area contributed by atoms with Crippen molar-refractivity contribution in [1.82, 2.24) is 5.32 Å². The molecule has 0 radical (unpaired) electrons. The molecule has 1 atom stereocenters. The van der Waals surface area contributed by atoms with E-state index in [-0.39, 0.29) is 6.61 Å². The number of carbonyl (C=O) groups is 2. The summed E-state index contributed by atoms with van der Waals surface area (Å²) in [4.78, 5) is 22.9. The Morgan fingerprint density at radius 3 is 2.53 bits per heavy atom. The topological polar surface area (TPSA) is 91.2 Å². The maximum Gasteiger partial charge on any atom is 0.328 e. The Morgan fingerprint density at radius 2 is 2.00 bits per heavy atom. The summed E-state index contributed by atoms with van der Waals surface area (Å²) in [6.07, 6.45) is 0. The van der Waals surface area contributed by atoms with E-state index in [4.69, 9.17) is 10.00 Å². The second kappa shape index (κ2) is 7.01. The number of amides is 2. The Labute approximate surface area is 111 Å². The molecule has 1 rings (SSSR count). The maximum absolute atomic E-state index is 11.6. The zero-order valence-corrected chi connectivity index (χ0v) is 10.8. The smallest absolute Gasteiger partial charge is 0.328 e. The standard InChI is InChI=1S/C13H15N3O3/c1-3-19-12(17)9(2)15-13(18)16-11-6-4-10(8-14)5-7-11/h4-7,9H,3H2,1-2H3,(H2,15,16,18)/t9-/m0/s1. The Bertz CT molecular complexity index is 491. The Balaban J connectivity index is 2.50. The molecule has 0 saturated carbocycles. The predicted octanol–water partition coefficient (Wildman–Crippen LogP) is 1.63. The minimum Gasteiger partial charge on any atom is -0.464 e. The number of anilines is 1. The van der Waals surface area contributed by atoms with Gasteiger partial charge in [0.2, 0.25) is 0 Å². The number of ether oxygens (including phenoxy) is 1. The van der Waals surface area contributed by atoms with Gasteiger partial charge in [-0.1, -0.05) is 0 Å². The highest BCUT2D eigenvalue weighted by molar-refractivity contribution is 5.92. The summed E-state index contributed by atoms with van der Waals surface area (Å²) >= 11 is 0. The lowest BCUT2D eigenvalue weighted by Crippen LogP contribution is -2.41. The fourth-order valence-corrected chi connectivity index (χ4v) is 1.32. The van der Waals surface area contributed by atoms with Crippen molar-refractivity contribution in [2.24, 2.45) is 0 Å². The summed E-state index contributed by atoms with van der Waals surface area (Å²) in [5, 5.41) is 13.6. The highest BCUT2D eigenvalue weighted by Gasteiger charge is 2.16. The van der Waals surface area contributed by atoms with E-state index in [1.165, 1.54) is 6.92 Å². The first kappa shape index (κ1) is 14.5. The first-order valence-electron chi connectivity index (χ1n) is 5.81. The molecular formula is C13H15N3O3. The minimum atomic E-state index is -0.724. The summed E-state index contributed by atoms with van der Waals surface area (Å²) in [5.74, 6) is -0.488. The van der Waals surface area contributed by atoms with E-state index in [1.54, 1.807) is 31.2 Å². The average Bonchev–Trinajstić information content (AvgIpc) is 2.39. The molecule has 0 saturated heterocycles. The first-order chi connectivity index (χ1) is 9.06. The quantitative estimate of drug-likeness (QED) is 0.806. The molecule has 0 fully saturated rings. The summed E-state index contributed by atoms with van der Waals surface area (Å²) in [7, 11) is 0. The van der Waals surface area contributed by atoms with Crippen molar-refractivity contribution >= 4 is 17.7 Å². The molecule has 0 spiro atoms. The molecular weight excluding hydrogens is 246 g/mol. The molecule has 6 nitrogen and oxygen atoms in total. The molecule has 6 heteroatoms. The van der Waals surface area contributed by atoms with Crippen molar-refractivity contribution in [3.8, 4) is 6.07 Å². The number of urea groups is 1. The van der Waals surface area contributed by atoms with Gasteiger partial charge in [0.25, 0.3) is 0 Å². The molecule has 100 valence electrons. The van der Waals surface area contributed by atoms with Crippen molar-refractivity contribution in [2.45, 2.75) is 19.9 Å². The van der Waals surface area contributed by atoms with Gasteiger partial charge in [0.05, 0.1) is 18.2 Å². The lowest BCUT2D eigenvalue weighted by atomic mass is 10.2. The molecule has 0 aliphatic heterocycles. The number of rotatable bonds is 4. The fourth-order valence-electron chi connectivity index (χ4n) is 1.32. The molecule has 1 aromatic carbocycles. The van der Waals surface area contributed by atoms with Gasteiger partial charge in [0, 0.05) is 5.69 Å². The highest BCUT2D eigenvalue weighted by Crippen LogP contribution is 2.08. The number of nitriles is 1. The van der Waals surface area contributed by atoms with Crippen molar-refractivity contribution in [3.63, 3.8) is 0 Å². The SMILES string of the molecule is CCOC(=O)[C@H](C)NC(=O)Nc1ccc(C#N)cc1. The molecule has 2 amide bonds. The first-order valence-corrected chi connectivity index (χ1v) is 5.81. The van der Waals surface area contributed by atoms with Crippen LogP contribution in [-0.2, 0) is 9.53 Å². The van der Waals surface area contributed by atoms with Crippen molar-refractivity contribution in [1.29, 1.82) is 5.26 Å². The maximum atomic E-state index is 11.6. The van der Waals surface area contributed by atoms with Crippen LogP contribution in [0, 0.1) is 11.3 Å². The molecule has 0 heterocycles. The molecule has 1 aromatic rings. The van der Waals surface area contributed by atoms with Gasteiger partial charge in [-0.25, -0.2) is 9.59 Å². The van der Waals surface area contributed by atoms with E-state index in [0.717, 1.165) is 0 Å². The third kappa shape index (κ3) is 4.68. The van der Waals surface area contributed by atoms with Gasteiger partial charge in [-0.3, -0.25) is 0 Å². The van der Waals surface area contributed by atoms with Crippen LogP contribution in [0.2, 0.25) is 0 Å². The van der Waals surface area contributed by atoms with Crippen LogP contribution in [0.1, 0.15) is 19.4 Å². The van der Waals surface area contributed by atoms with Crippen molar-refractivity contribution in [3.05, 3.63) is 29.8 Å². The van der Waals surface area contributed by atoms with Crippen molar-refractivity contribution in [2.75, 3.05) is 11.9 Å². The van der Waals surface area contributed by atoms with E-state index in [0.29, 0.717) is 11.3 Å². The van der Waals surface area contributed by atoms with Gasteiger partial charge in [0.15, 0.2) is 0 Å². The zero-order valence-electron chi connectivity index (χ0n) is 10.8. The van der Waals surface area contributed by atoms with E-state index in [1.807, 2.05) is 6.07 Å². The van der Waals surface area contributed by atoms with E-state index in [2.05, 4.69) is 10.6 Å². The molecule has 2 N–H and O–H groups in total. The van der Waals surface area contributed by atoms with Crippen LogP contribution < -0.4 is 10.6 Å². The third-order valence-corrected chi connectivity index (χ3v) is 2.26. The number of esters is 1. The second-order valence-electron chi connectivity index (χ2n) is 3.76. The highest BCUT2D eigenvalue weighted by atomic mass is 16.5. The van der Waals surface area contributed by atoms with Crippen molar-refractivity contribution < 1.29 is 14.3 Å². The Morgan fingerprint density at radius 1 is 1.37 bits per heavy atom. The summed E-state index contributed by atoms with van der Waals surface area (Å²) in [5.41, 5.74) is 1.04. The Hall–Kier alpha value is -2.55. The van der Waals surface area contributed by atoms with Crippen LogP contribution in [0.3, 0.4) is 0 Å². The molecule has 0 aliphatic rings. The van der Waals surface area contributed by atoms with E-state index >= 15 is 0 Å². The van der Waals surface area contributed by atoms with Crippen LogP contribution in [0.25, 0.3) is 0 Å². The van der Waals surface area contributed by atoms with Crippen LogP contribution in [0.4, 0.5) is 10.5 Å². The van der Waals surface area contributed by atoms with E-state index in [9.17, 15) is 9.59 Å². The number of nitrogens with one attached hydrogen (secondary N) is 2. The number of benzene rings is 1. The zero-order chi connectivity index (χ0) is 14.3. The summed E-state index contributed by atoms with van der Waals surface area (Å²) in [6, 6.07) is 7.13. The van der Waals surface area contributed by atoms with Crippen LogP contribution in [0.5, 0.6) is 0 Å². The van der Waals surface area contributed by atoms with Gasteiger partial charge in [-0.2, -0.15) is 5.26 Å². The second-order valence-corrected chi connectivity index (χ2v) is 3.76. The largest absolute Gasteiger partial charge is 0.464 e. The number of hydrogen-bond acceptors (Lipinski definition) is 4. The van der Waals surface area contributed by atoms with E-state index < -0.39 is 18.0 Å². The van der Waals surface area contributed by atoms with Gasteiger partial charge in [0.1, 0.15) is 6.04 Å². The van der Waals surface area contributed by atoms with Crippen LogP contribution in [-0.4, -0.2) is 24.6 Å². The lowest BCUT2D eigenvalue weighted by Gasteiger charge is -2.13. The van der Waals surface area contributed by atoms with Gasteiger partial charge < -0.3 is 15.4 Å². The van der Waals surface area contributed by atoms with Crippen LogP contribution in [0.15, 0.2) is 24.3 Å². The minimum absolute atomic E-state index is 0.266. The molecule has 0 aliphatic carbocycles. The lowest BCUT2D eigenvalue weighted by molar-refractivity contribution is -0.144. The Kier molecular flexibility index (Phi) is 5.35. The number of carbonyl (C=O) groups excluding carboxylic acids is 2. The number of nitrogens with zero attached hydrogens (tertiary/aromatic N) is 1. The predicted molar refractivity (Wildman–Crippen MR) is 69.4 cm³/mol. The molecule has 19 heavy (non-hydrogen) atoms. The average molecular weight is 261 g/mol. The molecule has 0 bridgehead atoms. The molecule has 0 unspecified atom stereocenters. The fraction of sp³-hybridized carbons (Fsp3) is 0.308. The van der Waals surface area contributed by atoms with Gasteiger partial charge >= 0.3 is 12.0 Å². The normalized spacial score (nSPS) is 11.0. The summed E-state index contributed by atoms with van der Waals surface area (Å²) < 4.78 is 4.77. The van der Waals surface area contributed by atoms with Crippen LogP contribution >= 0.6 is 0 Å². The monoisotopic (exact) mass is 261 g/mol. The summed E-state index contributed by atoms with van der Waals surface area (Å²) in [6.45, 7) is 3.50. The molecule has 0 aromatic heterocycles. The number of hydrogen-bond donors (Lipinski definition) is 2.